The Hall–Kier alpha value is -2.69. The lowest BCUT2D eigenvalue weighted by atomic mass is 10.1. The first-order valence-corrected chi connectivity index (χ1v) is 8.49. The van der Waals surface area contributed by atoms with Crippen LogP contribution in [0, 0.1) is 0 Å². The molecule has 0 saturated heterocycles. The molecule has 2 aromatic heterocycles. The van der Waals surface area contributed by atoms with Crippen LogP contribution >= 0.6 is 0 Å². The summed E-state index contributed by atoms with van der Waals surface area (Å²) in [6.07, 6.45) is 9.30. The summed E-state index contributed by atoms with van der Waals surface area (Å²) in [4.78, 5) is 4.79. The van der Waals surface area contributed by atoms with E-state index in [1.54, 1.807) is 12.4 Å². The average molecular weight is 319 g/mol. The number of benzene rings is 1. The summed E-state index contributed by atoms with van der Waals surface area (Å²) in [6, 6.07) is 10.7. The van der Waals surface area contributed by atoms with E-state index in [-0.39, 0.29) is 6.04 Å². The average Bonchev–Trinajstić information content (AvgIpc) is 3.07. The van der Waals surface area contributed by atoms with E-state index < -0.39 is 0 Å². The van der Waals surface area contributed by atoms with Crippen molar-refractivity contribution in [2.45, 2.75) is 38.8 Å². The van der Waals surface area contributed by atoms with Crippen molar-refractivity contribution in [3.05, 3.63) is 60.3 Å². The number of nitrogens with one attached hydrogen (secondary N) is 1. The number of anilines is 1. The van der Waals surface area contributed by atoms with Gasteiger partial charge in [0.25, 0.3) is 0 Å². The van der Waals surface area contributed by atoms with Crippen molar-refractivity contribution in [3.8, 4) is 11.3 Å². The van der Waals surface area contributed by atoms with Crippen LogP contribution in [0.3, 0.4) is 0 Å². The summed E-state index contributed by atoms with van der Waals surface area (Å²) >= 11 is 0. The zero-order valence-corrected chi connectivity index (χ0v) is 13.8. The fourth-order valence-corrected chi connectivity index (χ4v) is 3.18. The Morgan fingerprint density at radius 3 is 2.71 bits per heavy atom. The van der Waals surface area contributed by atoms with Crippen LogP contribution in [0.2, 0.25) is 0 Å². The maximum atomic E-state index is 4.79. The van der Waals surface area contributed by atoms with Crippen molar-refractivity contribution in [1.29, 1.82) is 0 Å². The van der Waals surface area contributed by atoms with Crippen LogP contribution in [0.5, 0.6) is 0 Å². The third kappa shape index (κ3) is 3.02. The number of rotatable bonds is 4. The van der Waals surface area contributed by atoms with E-state index in [2.05, 4.69) is 57.5 Å². The third-order valence-corrected chi connectivity index (χ3v) is 4.58. The Morgan fingerprint density at radius 1 is 1.08 bits per heavy atom. The second-order valence-corrected chi connectivity index (χ2v) is 6.31. The minimum absolute atomic E-state index is 0.186. The summed E-state index contributed by atoms with van der Waals surface area (Å²) in [6.45, 7) is 3.22. The van der Waals surface area contributed by atoms with Gasteiger partial charge in [0.15, 0.2) is 0 Å². The largest absolute Gasteiger partial charge is 0.378 e. The maximum absolute atomic E-state index is 4.79. The van der Waals surface area contributed by atoms with E-state index in [9.17, 15) is 0 Å². The molecule has 0 spiro atoms. The van der Waals surface area contributed by atoms with Crippen LogP contribution < -0.4 is 5.32 Å². The fourth-order valence-electron chi connectivity index (χ4n) is 3.18. The van der Waals surface area contributed by atoms with Gasteiger partial charge < -0.3 is 9.88 Å². The summed E-state index contributed by atoms with van der Waals surface area (Å²) in [7, 11) is 0. The first-order chi connectivity index (χ1) is 11.8. The van der Waals surface area contributed by atoms with Gasteiger partial charge in [-0.05, 0) is 43.5 Å². The zero-order chi connectivity index (χ0) is 16.4. The molecule has 5 nitrogen and oxygen atoms in total. The molecule has 3 aromatic rings. The number of hydrogen-bond donors (Lipinski definition) is 1. The molecule has 0 amide bonds. The summed E-state index contributed by atoms with van der Waals surface area (Å²) in [5.74, 6) is 1.22. The van der Waals surface area contributed by atoms with E-state index in [4.69, 9.17) is 4.98 Å². The van der Waals surface area contributed by atoms with E-state index in [0.717, 1.165) is 29.9 Å². The molecule has 122 valence electrons. The summed E-state index contributed by atoms with van der Waals surface area (Å²) in [5.41, 5.74) is 4.45. The first kappa shape index (κ1) is 14.9. The first-order valence-electron chi connectivity index (χ1n) is 8.49. The van der Waals surface area contributed by atoms with Crippen LogP contribution in [-0.4, -0.2) is 19.7 Å². The van der Waals surface area contributed by atoms with Crippen molar-refractivity contribution in [2.24, 2.45) is 0 Å². The Balaban J connectivity index is 1.49. The van der Waals surface area contributed by atoms with Gasteiger partial charge in [0, 0.05) is 36.6 Å². The molecule has 0 aliphatic carbocycles. The monoisotopic (exact) mass is 319 g/mol. The van der Waals surface area contributed by atoms with Crippen LogP contribution in [0.25, 0.3) is 11.3 Å². The topological polar surface area (TPSA) is 55.6 Å². The van der Waals surface area contributed by atoms with Crippen LogP contribution in [-0.2, 0) is 13.0 Å². The number of imidazole rings is 1. The molecular weight excluding hydrogens is 298 g/mol. The van der Waals surface area contributed by atoms with Gasteiger partial charge in [-0.2, -0.15) is 10.2 Å². The zero-order valence-electron chi connectivity index (χ0n) is 13.8. The second kappa shape index (κ2) is 6.43. The van der Waals surface area contributed by atoms with E-state index in [0.29, 0.717) is 0 Å². The highest BCUT2D eigenvalue weighted by Gasteiger charge is 2.13. The lowest BCUT2D eigenvalue weighted by molar-refractivity contribution is 0.522. The normalized spacial score (nSPS) is 14.9. The molecular formula is C19H21N5. The molecule has 1 aliphatic heterocycles. The molecule has 0 fully saturated rings. The second-order valence-electron chi connectivity index (χ2n) is 6.31. The predicted octanol–water partition coefficient (Wildman–Crippen LogP) is 3.85. The molecule has 0 bridgehead atoms. The van der Waals surface area contributed by atoms with Crippen molar-refractivity contribution >= 4 is 5.69 Å². The molecule has 4 rings (SSSR count). The van der Waals surface area contributed by atoms with Gasteiger partial charge in [-0.15, -0.1) is 0 Å². The predicted molar refractivity (Wildman–Crippen MR) is 94.7 cm³/mol. The lowest BCUT2D eigenvalue weighted by Crippen LogP contribution is -2.08. The van der Waals surface area contributed by atoms with E-state index in [1.165, 1.54) is 24.2 Å². The third-order valence-electron chi connectivity index (χ3n) is 4.58. The minimum atomic E-state index is 0.186. The molecule has 3 heterocycles. The van der Waals surface area contributed by atoms with Gasteiger partial charge >= 0.3 is 0 Å². The SMILES string of the molecule is CC(Nc1ccc(-c2cn3c(n2)CCCC3)cc1)c1ccnnc1. The highest BCUT2D eigenvalue weighted by Crippen LogP contribution is 2.25. The molecule has 5 heteroatoms. The van der Waals surface area contributed by atoms with Crippen molar-refractivity contribution in [2.75, 3.05) is 5.32 Å². The summed E-state index contributed by atoms with van der Waals surface area (Å²) < 4.78 is 2.30. The lowest BCUT2D eigenvalue weighted by Gasteiger charge is -2.15. The van der Waals surface area contributed by atoms with Gasteiger partial charge in [0.1, 0.15) is 5.82 Å². The Labute approximate surface area is 141 Å². The molecule has 1 N–H and O–H groups in total. The van der Waals surface area contributed by atoms with Crippen molar-refractivity contribution < 1.29 is 0 Å². The molecule has 1 unspecified atom stereocenters. The molecule has 1 atom stereocenters. The van der Waals surface area contributed by atoms with Gasteiger partial charge in [-0.1, -0.05) is 12.1 Å². The van der Waals surface area contributed by atoms with E-state index in [1.807, 2.05) is 6.07 Å². The van der Waals surface area contributed by atoms with Gasteiger partial charge in [0.2, 0.25) is 0 Å². The number of aryl methyl sites for hydroxylation is 2. The standard InChI is InChI=1S/C19H21N5/c1-14(16-9-10-20-21-12-16)22-17-7-5-15(6-8-17)18-13-24-11-3-2-4-19(24)23-18/h5-10,12-14,22H,2-4,11H2,1H3. The van der Waals surface area contributed by atoms with Crippen molar-refractivity contribution in [3.63, 3.8) is 0 Å². The van der Waals surface area contributed by atoms with Gasteiger partial charge in [0.05, 0.1) is 17.9 Å². The summed E-state index contributed by atoms with van der Waals surface area (Å²) in [5, 5.41) is 11.2. The van der Waals surface area contributed by atoms with Gasteiger partial charge in [-0.25, -0.2) is 4.98 Å². The van der Waals surface area contributed by atoms with E-state index >= 15 is 0 Å². The van der Waals surface area contributed by atoms with Gasteiger partial charge in [-0.3, -0.25) is 0 Å². The molecule has 1 aliphatic rings. The minimum Gasteiger partial charge on any atom is -0.378 e. The molecule has 0 radical (unpaired) electrons. The van der Waals surface area contributed by atoms with Crippen molar-refractivity contribution in [1.82, 2.24) is 19.7 Å². The van der Waals surface area contributed by atoms with Crippen LogP contribution in [0.1, 0.15) is 37.2 Å². The Kier molecular flexibility index (Phi) is 3.99. The number of aromatic nitrogens is 4. The maximum Gasteiger partial charge on any atom is 0.109 e. The number of fused-ring (bicyclic) bond motifs is 1. The molecule has 0 saturated carbocycles. The molecule has 1 aromatic carbocycles. The Bertz CT molecular complexity index is 784. The fraction of sp³-hybridized carbons (Fsp3) is 0.316. The van der Waals surface area contributed by atoms with Crippen LogP contribution in [0.15, 0.2) is 48.9 Å². The number of hydrogen-bond acceptors (Lipinski definition) is 4. The van der Waals surface area contributed by atoms with Crippen LogP contribution in [0.4, 0.5) is 5.69 Å². The smallest absolute Gasteiger partial charge is 0.109 e. The quantitative estimate of drug-likeness (QED) is 0.793. The highest BCUT2D eigenvalue weighted by molar-refractivity contribution is 5.62. The Morgan fingerprint density at radius 2 is 1.96 bits per heavy atom. The highest BCUT2D eigenvalue weighted by atomic mass is 15.1. The molecule has 24 heavy (non-hydrogen) atoms. The number of nitrogens with zero attached hydrogens (tertiary/aromatic N) is 4.